The van der Waals surface area contributed by atoms with Crippen LogP contribution in [0.4, 0.5) is 0 Å². The first-order chi connectivity index (χ1) is 18.2. The van der Waals surface area contributed by atoms with E-state index in [1.54, 1.807) is 7.11 Å². The molecule has 1 aromatic heterocycles. The average Bonchev–Trinajstić information content (AvgIpc) is 3.51. The minimum atomic E-state index is -0.702. The molecular weight excluding hydrogens is 508 g/mol. The van der Waals surface area contributed by atoms with E-state index in [-0.39, 0.29) is 36.9 Å². The van der Waals surface area contributed by atoms with Crippen molar-refractivity contribution in [2.75, 3.05) is 20.3 Å². The van der Waals surface area contributed by atoms with Crippen molar-refractivity contribution in [2.24, 2.45) is 11.8 Å². The van der Waals surface area contributed by atoms with E-state index in [9.17, 15) is 20.1 Å². The van der Waals surface area contributed by atoms with E-state index >= 15 is 0 Å². The Hall–Kier alpha value is -3.36. The van der Waals surface area contributed by atoms with Gasteiger partial charge < -0.3 is 24.8 Å². The van der Waals surface area contributed by atoms with Crippen LogP contribution in [0, 0.1) is 11.8 Å². The second-order valence-corrected chi connectivity index (χ2v) is 10.3. The number of halogens is 1. The Morgan fingerprint density at radius 2 is 1.79 bits per heavy atom. The van der Waals surface area contributed by atoms with Gasteiger partial charge in [-0.05, 0) is 67.5 Å². The Morgan fingerprint density at radius 3 is 2.42 bits per heavy atom. The lowest BCUT2D eigenvalue weighted by atomic mass is 10.0. The Balaban J connectivity index is 1.47. The molecule has 2 aromatic carbocycles. The summed E-state index contributed by atoms with van der Waals surface area (Å²) < 4.78 is 12.9. The topological polar surface area (TPSA) is 104 Å². The molecule has 38 heavy (non-hydrogen) atoms. The van der Waals surface area contributed by atoms with Gasteiger partial charge in [0.05, 0.1) is 19.6 Å². The predicted octanol–water partition coefficient (Wildman–Crippen LogP) is 5.70. The third-order valence-corrected chi connectivity index (χ3v) is 7.66. The van der Waals surface area contributed by atoms with Crippen molar-refractivity contribution < 1.29 is 29.6 Å². The van der Waals surface area contributed by atoms with Gasteiger partial charge in [0.15, 0.2) is 23.3 Å². The van der Waals surface area contributed by atoms with Gasteiger partial charge in [0.25, 0.3) is 0 Å². The quantitative estimate of drug-likeness (QED) is 0.269. The number of carbonyl (C=O) groups is 1. The highest BCUT2D eigenvalue weighted by atomic mass is 35.5. The monoisotopic (exact) mass is 542 g/mol. The molecule has 204 valence electrons. The zero-order chi connectivity index (χ0) is 27.2. The smallest absolute Gasteiger partial charge is 0.306 e. The highest BCUT2D eigenvalue weighted by molar-refractivity contribution is 6.30. The summed E-state index contributed by atoms with van der Waals surface area (Å²) in [6, 6.07) is 16.6. The third kappa shape index (κ3) is 6.74. The summed E-state index contributed by atoms with van der Waals surface area (Å²) in [4.78, 5) is 13.9. The number of aliphatic carboxylic acids is 1. The van der Waals surface area contributed by atoms with Gasteiger partial charge in [-0.15, -0.1) is 0 Å². The molecule has 0 bridgehead atoms. The minimum Gasteiger partial charge on any atom is -0.494 e. The average molecular weight is 543 g/mol. The number of rotatable bonds is 12. The minimum absolute atomic E-state index is 0.0275. The normalized spacial score (nSPS) is 18.0. The lowest BCUT2D eigenvalue weighted by Crippen LogP contribution is -2.31. The van der Waals surface area contributed by atoms with Crippen molar-refractivity contribution in [3.63, 3.8) is 0 Å². The van der Waals surface area contributed by atoms with Crippen molar-refractivity contribution in [3.05, 3.63) is 70.7 Å². The van der Waals surface area contributed by atoms with E-state index in [0.717, 1.165) is 30.5 Å². The molecule has 8 nitrogen and oxygen atoms in total. The molecule has 1 aliphatic carbocycles. The van der Waals surface area contributed by atoms with Crippen LogP contribution in [-0.2, 0) is 17.9 Å². The molecule has 9 heteroatoms. The summed E-state index contributed by atoms with van der Waals surface area (Å²) in [5.74, 6) is 0.457. The molecule has 0 amide bonds. The van der Waals surface area contributed by atoms with Gasteiger partial charge in [0, 0.05) is 36.3 Å². The zero-order valence-corrected chi connectivity index (χ0v) is 22.5. The Kier molecular flexibility index (Phi) is 9.07. The Morgan fingerprint density at radius 1 is 1.08 bits per heavy atom. The van der Waals surface area contributed by atoms with Gasteiger partial charge >= 0.3 is 5.97 Å². The van der Waals surface area contributed by atoms with E-state index in [1.165, 1.54) is 16.7 Å². The summed E-state index contributed by atoms with van der Waals surface area (Å²) in [6.45, 7) is 4.11. The lowest BCUT2D eigenvalue weighted by molar-refractivity contribution is -0.141. The van der Waals surface area contributed by atoms with Crippen LogP contribution < -0.4 is 9.47 Å². The van der Waals surface area contributed by atoms with Crippen molar-refractivity contribution >= 4 is 17.6 Å². The Bertz CT molecular complexity index is 1210. The number of aromatic hydroxyl groups is 2. The van der Waals surface area contributed by atoms with E-state index in [1.807, 2.05) is 42.5 Å². The third-order valence-electron chi connectivity index (χ3n) is 7.40. The maximum Gasteiger partial charge on any atom is 0.306 e. The molecule has 0 saturated heterocycles. The lowest BCUT2D eigenvalue weighted by Gasteiger charge is -2.32. The van der Waals surface area contributed by atoms with Crippen molar-refractivity contribution in [3.8, 4) is 23.3 Å². The molecule has 4 rings (SSSR count). The summed E-state index contributed by atoms with van der Waals surface area (Å²) in [6.07, 6.45) is 2.33. The number of aromatic nitrogens is 1. The number of benzene rings is 2. The van der Waals surface area contributed by atoms with Crippen LogP contribution in [0.3, 0.4) is 0 Å². The molecule has 3 atom stereocenters. The summed E-state index contributed by atoms with van der Waals surface area (Å²) in [7, 11) is 1.59. The van der Waals surface area contributed by atoms with Crippen LogP contribution >= 0.6 is 11.6 Å². The standard InChI is InChI=1S/C29H35ClN2O6/c1-19(22-6-8-24(30)9-7-22)31(17-20-3-5-23(15-20)29(35)36)18-21-4-10-25(26(16-21)37-2)38-14-13-32-27(33)11-12-28(32)34/h4,6-12,16,19-20,23,33-34H,3,5,13-15,17-18H2,1-2H3,(H,35,36)/t19-,20+,23+/m0/s1. The second-order valence-electron chi connectivity index (χ2n) is 9.91. The Labute approximate surface area is 228 Å². The van der Waals surface area contributed by atoms with E-state index in [2.05, 4.69) is 11.8 Å². The molecule has 3 aromatic rings. The van der Waals surface area contributed by atoms with Gasteiger partial charge in [0.2, 0.25) is 0 Å². The van der Waals surface area contributed by atoms with E-state index in [4.69, 9.17) is 21.1 Å². The fourth-order valence-electron chi connectivity index (χ4n) is 5.19. The molecule has 0 radical (unpaired) electrons. The van der Waals surface area contributed by atoms with Crippen molar-refractivity contribution in [1.29, 1.82) is 0 Å². The first-order valence-electron chi connectivity index (χ1n) is 12.8. The molecule has 0 spiro atoms. The summed E-state index contributed by atoms with van der Waals surface area (Å²) >= 11 is 6.12. The zero-order valence-electron chi connectivity index (χ0n) is 21.7. The number of carboxylic acid groups (broad SMARTS) is 1. The molecule has 0 aliphatic heterocycles. The molecule has 3 N–H and O–H groups in total. The first-order valence-corrected chi connectivity index (χ1v) is 13.2. The fourth-order valence-corrected chi connectivity index (χ4v) is 5.32. The number of hydrogen-bond donors (Lipinski definition) is 3. The van der Waals surface area contributed by atoms with Gasteiger partial charge in [0.1, 0.15) is 6.61 Å². The molecule has 0 unspecified atom stereocenters. The summed E-state index contributed by atoms with van der Waals surface area (Å²) in [5, 5.41) is 29.8. The van der Waals surface area contributed by atoms with Crippen LogP contribution in [0.25, 0.3) is 0 Å². The second kappa shape index (κ2) is 12.5. The van der Waals surface area contributed by atoms with Crippen LogP contribution in [0.5, 0.6) is 23.3 Å². The number of ether oxygens (including phenoxy) is 2. The summed E-state index contributed by atoms with van der Waals surface area (Å²) in [5.41, 5.74) is 2.19. The maximum atomic E-state index is 11.5. The first kappa shape index (κ1) is 27.7. The maximum absolute atomic E-state index is 11.5. The van der Waals surface area contributed by atoms with Crippen LogP contribution in [0.15, 0.2) is 54.6 Å². The molecule has 1 aliphatic rings. The number of nitrogens with zero attached hydrogens (tertiary/aromatic N) is 2. The van der Waals surface area contributed by atoms with Crippen molar-refractivity contribution in [1.82, 2.24) is 9.47 Å². The van der Waals surface area contributed by atoms with E-state index in [0.29, 0.717) is 35.4 Å². The highest BCUT2D eigenvalue weighted by Crippen LogP contribution is 2.35. The number of methoxy groups -OCH3 is 1. The molecule has 1 heterocycles. The molecule has 1 fully saturated rings. The molecular formula is C29H35ClN2O6. The van der Waals surface area contributed by atoms with Gasteiger partial charge in [-0.2, -0.15) is 0 Å². The predicted molar refractivity (Wildman–Crippen MR) is 145 cm³/mol. The van der Waals surface area contributed by atoms with Gasteiger partial charge in [-0.1, -0.05) is 29.8 Å². The van der Waals surface area contributed by atoms with Gasteiger partial charge in [-0.3, -0.25) is 14.3 Å². The van der Waals surface area contributed by atoms with Crippen LogP contribution in [0.2, 0.25) is 5.02 Å². The number of hydrogen-bond acceptors (Lipinski definition) is 6. The van der Waals surface area contributed by atoms with Crippen molar-refractivity contribution in [2.45, 2.75) is 45.3 Å². The van der Waals surface area contributed by atoms with E-state index < -0.39 is 5.97 Å². The SMILES string of the molecule is COc1cc(CN(C[C@@H]2CC[C@@H](C(=O)O)C2)[C@@H](C)c2ccc(Cl)cc2)ccc1OCCn1c(O)ccc1O. The largest absolute Gasteiger partial charge is 0.494 e. The van der Waals surface area contributed by atoms with Crippen LogP contribution in [-0.4, -0.2) is 51.0 Å². The number of carboxylic acids is 1. The fraction of sp³-hybridized carbons (Fsp3) is 0.414. The van der Waals surface area contributed by atoms with Crippen LogP contribution in [0.1, 0.15) is 43.4 Å². The van der Waals surface area contributed by atoms with Gasteiger partial charge in [-0.25, -0.2) is 0 Å². The highest BCUT2D eigenvalue weighted by Gasteiger charge is 2.32. The molecule has 1 saturated carbocycles.